The van der Waals surface area contributed by atoms with E-state index in [1.54, 1.807) is 13.0 Å². The first-order chi connectivity index (χ1) is 11.7. The van der Waals surface area contributed by atoms with Crippen molar-refractivity contribution in [1.82, 2.24) is 0 Å². The van der Waals surface area contributed by atoms with Crippen LogP contribution < -0.4 is 9.47 Å². The Balaban J connectivity index is 1.83. The molecule has 0 bridgehead atoms. The van der Waals surface area contributed by atoms with Crippen LogP contribution in [0.5, 0.6) is 11.5 Å². The normalized spacial score (nSPS) is 21.2. The average molecular weight is 338 g/mol. The van der Waals surface area contributed by atoms with Crippen molar-refractivity contribution in [3.05, 3.63) is 36.1 Å². The zero-order valence-corrected chi connectivity index (χ0v) is 14.7. The lowest BCUT2D eigenvalue weighted by atomic mass is 9.80. The predicted molar refractivity (Wildman–Crippen MR) is 92.3 cm³/mol. The van der Waals surface area contributed by atoms with Gasteiger partial charge in [-0.25, -0.2) is 0 Å². The average Bonchev–Trinajstić information content (AvgIpc) is 2.61. The molecule has 1 saturated carbocycles. The molecule has 24 heavy (non-hydrogen) atoms. The highest BCUT2D eigenvalue weighted by atomic mass is 19.2. The fourth-order valence-corrected chi connectivity index (χ4v) is 3.25. The van der Waals surface area contributed by atoms with Gasteiger partial charge in [-0.15, -0.1) is 0 Å². The Bertz CT molecular complexity index is 535. The van der Waals surface area contributed by atoms with Crippen LogP contribution in [0.2, 0.25) is 0 Å². The lowest BCUT2D eigenvalue weighted by molar-refractivity contribution is 0.172. The molecular formula is C20H28F2O2. The van der Waals surface area contributed by atoms with Crippen LogP contribution in [0.25, 0.3) is 0 Å². The summed E-state index contributed by atoms with van der Waals surface area (Å²) < 4.78 is 38.5. The number of allylic oxidation sites excluding steroid dienone is 1. The minimum atomic E-state index is -1.01. The third-order valence-electron chi connectivity index (χ3n) is 4.75. The molecule has 0 N–H and O–H groups in total. The van der Waals surface area contributed by atoms with Gasteiger partial charge in [-0.2, -0.15) is 8.78 Å². The first-order valence-electron chi connectivity index (χ1n) is 9.04. The molecule has 0 amide bonds. The van der Waals surface area contributed by atoms with Gasteiger partial charge in [-0.3, -0.25) is 0 Å². The molecule has 0 atom stereocenters. The Hall–Kier alpha value is -1.58. The van der Waals surface area contributed by atoms with Crippen LogP contribution in [0.3, 0.4) is 0 Å². The number of unbranched alkanes of at least 4 members (excludes halogenated alkanes) is 1. The first kappa shape index (κ1) is 18.8. The van der Waals surface area contributed by atoms with Gasteiger partial charge in [0, 0.05) is 0 Å². The van der Waals surface area contributed by atoms with E-state index in [0.29, 0.717) is 12.5 Å². The SMILES string of the molecule is C/C=C/Oc1ccc(OCC2CCC(CCCC)CC2)c(F)c1F. The minimum Gasteiger partial charge on any atom is -0.490 e. The molecule has 2 rings (SSSR count). The van der Waals surface area contributed by atoms with Crippen molar-refractivity contribution >= 4 is 0 Å². The molecule has 4 heteroatoms. The lowest BCUT2D eigenvalue weighted by Gasteiger charge is -2.28. The Morgan fingerprint density at radius 1 is 1.04 bits per heavy atom. The molecule has 0 aromatic heterocycles. The zero-order valence-electron chi connectivity index (χ0n) is 14.7. The quantitative estimate of drug-likeness (QED) is 0.521. The van der Waals surface area contributed by atoms with E-state index in [9.17, 15) is 8.78 Å². The zero-order chi connectivity index (χ0) is 17.4. The van der Waals surface area contributed by atoms with Crippen LogP contribution >= 0.6 is 0 Å². The van der Waals surface area contributed by atoms with Crippen molar-refractivity contribution in [1.29, 1.82) is 0 Å². The summed E-state index contributed by atoms with van der Waals surface area (Å²) >= 11 is 0. The molecule has 0 unspecified atom stereocenters. The maximum Gasteiger partial charge on any atom is 0.205 e. The van der Waals surface area contributed by atoms with Gasteiger partial charge in [0.15, 0.2) is 11.5 Å². The number of hydrogen-bond donors (Lipinski definition) is 0. The van der Waals surface area contributed by atoms with E-state index >= 15 is 0 Å². The second-order valence-corrected chi connectivity index (χ2v) is 6.62. The summed E-state index contributed by atoms with van der Waals surface area (Å²) in [6.45, 7) is 4.41. The highest BCUT2D eigenvalue weighted by molar-refractivity contribution is 5.35. The van der Waals surface area contributed by atoms with Gasteiger partial charge in [0.2, 0.25) is 11.6 Å². The summed E-state index contributed by atoms with van der Waals surface area (Å²) in [7, 11) is 0. The van der Waals surface area contributed by atoms with Crippen molar-refractivity contribution < 1.29 is 18.3 Å². The summed E-state index contributed by atoms with van der Waals surface area (Å²) in [4.78, 5) is 0. The van der Waals surface area contributed by atoms with E-state index < -0.39 is 11.6 Å². The fourth-order valence-electron chi connectivity index (χ4n) is 3.25. The highest BCUT2D eigenvalue weighted by Gasteiger charge is 2.22. The number of hydrogen-bond acceptors (Lipinski definition) is 2. The Kier molecular flexibility index (Phi) is 7.54. The van der Waals surface area contributed by atoms with Gasteiger partial charge >= 0.3 is 0 Å². The molecule has 1 aromatic rings. The third-order valence-corrected chi connectivity index (χ3v) is 4.75. The number of benzene rings is 1. The summed E-state index contributed by atoms with van der Waals surface area (Å²) in [6, 6.07) is 2.83. The van der Waals surface area contributed by atoms with Crippen LogP contribution in [0.4, 0.5) is 8.78 Å². The lowest BCUT2D eigenvalue weighted by Crippen LogP contribution is -2.20. The van der Waals surface area contributed by atoms with Gasteiger partial charge in [0.05, 0.1) is 12.9 Å². The topological polar surface area (TPSA) is 18.5 Å². The summed E-state index contributed by atoms with van der Waals surface area (Å²) in [5, 5.41) is 0. The van der Waals surface area contributed by atoms with Crippen molar-refractivity contribution in [3.63, 3.8) is 0 Å². The molecule has 134 valence electrons. The van der Waals surface area contributed by atoms with Gasteiger partial charge < -0.3 is 9.47 Å². The molecular weight excluding hydrogens is 310 g/mol. The van der Waals surface area contributed by atoms with Gasteiger partial charge in [-0.05, 0) is 43.7 Å². The molecule has 0 spiro atoms. The van der Waals surface area contributed by atoms with E-state index in [2.05, 4.69) is 6.92 Å². The molecule has 1 aliphatic carbocycles. The van der Waals surface area contributed by atoms with Crippen molar-refractivity contribution in [3.8, 4) is 11.5 Å². The maximum atomic E-state index is 14.0. The van der Waals surface area contributed by atoms with E-state index in [0.717, 1.165) is 18.8 Å². The summed E-state index contributed by atoms with van der Waals surface area (Å²) in [5.41, 5.74) is 0. The molecule has 0 saturated heterocycles. The smallest absolute Gasteiger partial charge is 0.205 e. The Morgan fingerprint density at radius 3 is 2.33 bits per heavy atom. The molecule has 1 fully saturated rings. The first-order valence-corrected chi connectivity index (χ1v) is 9.04. The monoisotopic (exact) mass is 338 g/mol. The van der Waals surface area contributed by atoms with Crippen molar-refractivity contribution in [2.75, 3.05) is 6.61 Å². The van der Waals surface area contributed by atoms with Crippen molar-refractivity contribution in [2.45, 2.75) is 58.8 Å². The van der Waals surface area contributed by atoms with Gasteiger partial charge in [0.1, 0.15) is 0 Å². The van der Waals surface area contributed by atoms with Crippen molar-refractivity contribution in [2.24, 2.45) is 11.8 Å². The molecule has 2 nitrogen and oxygen atoms in total. The van der Waals surface area contributed by atoms with E-state index in [4.69, 9.17) is 9.47 Å². The Labute approximate surface area is 143 Å². The molecule has 1 aliphatic rings. The summed E-state index contributed by atoms with van der Waals surface area (Å²) in [5.74, 6) is -0.881. The van der Waals surface area contributed by atoms with E-state index in [-0.39, 0.29) is 11.5 Å². The largest absolute Gasteiger partial charge is 0.490 e. The third kappa shape index (κ3) is 5.22. The van der Waals surface area contributed by atoms with Crippen LogP contribution in [-0.2, 0) is 0 Å². The van der Waals surface area contributed by atoms with Crippen LogP contribution in [0, 0.1) is 23.5 Å². The van der Waals surface area contributed by atoms with E-state index in [1.165, 1.54) is 50.5 Å². The molecule has 0 heterocycles. The standard InChI is InChI=1S/C20H28F2O2/c1-3-5-6-15-7-9-16(10-8-15)14-24-18-12-11-17(23-13-4-2)19(21)20(18)22/h4,11-13,15-16H,3,5-10,14H2,1-2H3/b13-4+. The summed E-state index contributed by atoms with van der Waals surface area (Å²) in [6.07, 6.45) is 11.5. The molecule has 1 aromatic carbocycles. The van der Waals surface area contributed by atoms with Gasteiger partial charge in [-0.1, -0.05) is 45.1 Å². The number of ether oxygens (including phenoxy) is 2. The predicted octanol–water partition coefficient (Wildman–Crippen LogP) is 6.25. The second-order valence-electron chi connectivity index (χ2n) is 6.62. The molecule has 0 radical (unpaired) electrons. The van der Waals surface area contributed by atoms with Gasteiger partial charge in [0.25, 0.3) is 0 Å². The van der Waals surface area contributed by atoms with E-state index in [1.807, 2.05) is 0 Å². The van der Waals surface area contributed by atoms with Crippen LogP contribution in [0.15, 0.2) is 24.5 Å². The number of halogens is 2. The Morgan fingerprint density at radius 2 is 1.67 bits per heavy atom. The fraction of sp³-hybridized carbons (Fsp3) is 0.600. The van der Waals surface area contributed by atoms with Crippen LogP contribution in [0.1, 0.15) is 58.8 Å². The number of rotatable bonds is 8. The highest BCUT2D eigenvalue weighted by Crippen LogP contribution is 2.33. The second kappa shape index (κ2) is 9.65. The van der Waals surface area contributed by atoms with Crippen LogP contribution in [-0.4, -0.2) is 6.61 Å². The molecule has 0 aliphatic heterocycles. The maximum absolute atomic E-state index is 14.0. The minimum absolute atomic E-state index is 0.0339.